The molecule has 0 atom stereocenters. The molecule has 10 heteroatoms. The third-order valence-corrected chi connectivity index (χ3v) is 6.70. The molecule has 186 valence electrons. The first-order valence-electron chi connectivity index (χ1n) is 12.2. The standard InChI is InChI=1S/C26H29N7O3/c1-6-35-12-21-28-25-24(26(29-21)30-22-11-18(15-7-8-15)31-33(22)4)16-10-20(34-5)17(9-19(16)27-25)23-13(2)32-36-14(23)3/h9-11,15H,6-8,12H2,1-5H3,(H2,27,28,29,30). The molecule has 0 aliphatic heterocycles. The molecule has 6 rings (SSSR count). The number of methoxy groups -OCH3 is 1. The number of nitrogens with one attached hydrogen (secondary N) is 2. The van der Waals surface area contributed by atoms with E-state index in [1.807, 2.05) is 38.6 Å². The monoisotopic (exact) mass is 487 g/mol. The van der Waals surface area contributed by atoms with Crippen LogP contribution in [0.25, 0.3) is 33.1 Å². The summed E-state index contributed by atoms with van der Waals surface area (Å²) in [6, 6.07) is 6.19. The summed E-state index contributed by atoms with van der Waals surface area (Å²) < 4.78 is 18.7. The van der Waals surface area contributed by atoms with Crippen LogP contribution in [0.1, 0.15) is 48.7 Å². The van der Waals surface area contributed by atoms with E-state index in [0.717, 1.165) is 61.8 Å². The highest BCUT2D eigenvalue weighted by molar-refractivity contribution is 6.13. The lowest BCUT2D eigenvalue weighted by molar-refractivity contribution is 0.128. The molecular weight excluding hydrogens is 458 g/mol. The molecule has 1 aliphatic rings. The highest BCUT2D eigenvalue weighted by atomic mass is 16.5. The Kier molecular flexibility index (Phi) is 5.40. The minimum absolute atomic E-state index is 0.322. The second-order valence-corrected chi connectivity index (χ2v) is 9.25. The van der Waals surface area contributed by atoms with Gasteiger partial charge in [-0.15, -0.1) is 0 Å². The molecule has 0 radical (unpaired) electrons. The number of fused-ring (bicyclic) bond motifs is 3. The maximum absolute atomic E-state index is 5.82. The van der Waals surface area contributed by atoms with Crippen LogP contribution in [0.4, 0.5) is 11.6 Å². The zero-order valence-corrected chi connectivity index (χ0v) is 21.1. The SMILES string of the molecule is CCOCc1nc(Nc2cc(C3CC3)nn2C)c2c(n1)[nH]c1cc(-c3c(C)noc3C)c(OC)cc12. The van der Waals surface area contributed by atoms with Gasteiger partial charge in [-0.3, -0.25) is 4.68 Å². The molecule has 0 saturated heterocycles. The number of anilines is 2. The van der Waals surface area contributed by atoms with Crippen molar-refractivity contribution in [2.45, 2.75) is 46.1 Å². The normalized spacial score (nSPS) is 13.7. The van der Waals surface area contributed by atoms with Crippen molar-refractivity contribution in [2.75, 3.05) is 19.0 Å². The van der Waals surface area contributed by atoms with Crippen LogP contribution in [0.3, 0.4) is 0 Å². The smallest absolute Gasteiger partial charge is 0.158 e. The van der Waals surface area contributed by atoms with Crippen LogP contribution in [0.5, 0.6) is 5.75 Å². The Morgan fingerprint density at radius 1 is 1.19 bits per heavy atom. The first-order chi connectivity index (χ1) is 17.5. The van der Waals surface area contributed by atoms with Gasteiger partial charge in [0.05, 0.1) is 29.4 Å². The third kappa shape index (κ3) is 3.78. The number of H-pyrrole nitrogens is 1. The zero-order chi connectivity index (χ0) is 25.0. The molecular formula is C26H29N7O3. The van der Waals surface area contributed by atoms with Gasteiger partial charge in [0.1, 0.15) is 35.4 Å². The van der Waals surface area contributed by atoms with Crippen molar-refractivity contribution < 1.29 is 14.0 Å². The number of aryl methyl sites for hydroxylation is 3. The number of hydrogen-bond acceptors (Lipinski definition) is 8. The number of rotatable bonds is 8. The topological polar surface area (TPSA) is 116 Å². The summed E-state index contributed by atoms with van der Waals surface area (Å²) in [5.74, 6) is 4.20. The Balaban J connectivity index is 1.54. The summed E-state index contributed by atoms with van der Waals surface area (Å²) in [5.41, 5.74) is 5.40. The molecule has 1 fully saturated rings. The molecule has 2 N–H and O–H groups in total. The highest BCUT2D eigenvalue weighted by Crippen LogP contribution is 2.42. The van der Waals surface area contributed by atoms with Crippen LogP contribution in [0.2, 0.25) is 0 Å². The van der Waals surface area contributed by atoms with E-state index in [4.69, 9.17) is 29.1 Å². The second-order valence-electron chi connectivity index (χ2n) is 9.25. The van der Waals surface area contributed by atoms with Crippen LogP contribution in [0, 0.1) is 13.8 Å². The Morgan fingerprint density at radius 3 is 2.72 bits per heavy atom. The van der Waals surface area contributed by atoms with Gasteiger partial charge in [-0.25, -0.2) is 9.97 Å². The molecule has 5 aromatic rings. The molecule has 10 nitrogen and oxygen atoms in total. The van der Waals surface area contributed by atoms with Crippen molar-refractivity contribution in [3.63, 3.8) is 0 Å². The van der Waals surface area contributed by atoms with Gasteiger partial charge in [-0.2, -0.15) is 5.10 Å². The Hall–Kier alpha value is -3.92. The minimum Gasteiger partial charge on any atom is -0.496 e. The summed E-state index contributed by atoms with van der Waals surface area (Å²) in [6.07, 6.45) is 2.39. The van der Waals surface area contributed by atoms with Gasteiger partial charge >= 0.3 is 0 Å². The number of nitrogens with zero attached hydrogens (tertiary/aromatic N) is 5. The minimum atomic E-state index is 0.322. The van der Waals surface area contributed by atoms with Crippen LogP contribution in [-0.2, 0) is 18.4 Å². The van der Waals surface area contributed by atoms with Gasteiger partial charge in [0.25, 0.3) is 0 Å². The average Bonchev–Trinajstić information content (AvgIpc) is 3.45. The van der Waals surface area contributed by atoms with Gasteiger partial charge in [0.15, 0.2) is 5.82 Å². The molecule has 4 heterocycles. The van der Waals surface area contributed by atoms with Crippen molar-refractivity contribution >= 4 is 33.6 Å². The summed E-state index contributed by atoms with van der Waals surface area (Å²) in [7, 11) is 3.62. The van der Waals surface area contributed by atoms with Gasteiger partial charge in [-0.05, 0) is 45.7 Å². The highest BCUT2D eigenvalue weighted by Gasteiger charge is 2.27. The van der Waals surface area contributed by atoms with Crippen molar-refractivity contribution in [3.05, 3.63) is 41.2 Å². The maximum atomic E-state index is 5.82. The molecule has 1 aromatic carbocycles. The first kappa shape index (κ1) is 22.5. The predicted octanol–water partition coefficient (Wildman–Crippen LogP) is 5.28. The molecule has 0 unspecified atom stereocenters. The Bertz CT molecular complexity index is 1570. The van der Waals surface area contributed by atoms with Gasteiger partial charge < -0.3 is 24.3 Å². The van der Waals surface area contributed by atoms with E-state index in [9.17, 15) is 0 Å². The fraction of sp³-hybridized carbons (Fsp3) is 0.385. The van der Waals surface area contributed by atoms with E-state index in [1.54, 1.807) is 7.11 Å². The van der Waals surface area contributed by atoms with Crippen LogP contribution in [-0.4, -0.2) is 43.6 Å². The molecule has 36 heavy (non-hydrogen) atoms. The lowest BCUT2D eigenvalue weighted by Gasteiger charge is -2.11. The number of ether oxygens (including phenoxy) is 2. The fourth-order valence-corrected chi connectivity index (χ4v) is 4.76. The first-order valence-corrected chi connectivity index (χ1v) is 12.2. The number of aromatic nitrogens is 6. The quantitative estimate of drug-likeness (QED) is 0.304. The predicted molar refractivity (Wildman–Crippen MR) is 137 cm³/mol. The Labute approximate surface area is 208 Å². The zero-order valence-electron chi connectivity index (χ0n) is 21.1. The van der Waals surface area contributed by atoms with E-state index < -0.39 is 0 Å². The number of benzene rings is 1. The number of hydrogen-bond donors (Lipinski definition) is 2. The van der Waals surface area contributed by atoms with E-state index in [1.165, 1.54) is 12.8 Å². The summed E-state index contributed by atoms with van der Waals surface area (Å²) in [5, 5.41) is 14.2. The van der Waals surface area contributed by atoms with E-state index >= 15 is 0 Å². The molecule has 4 aromatic heterocycles. The van der Waals surface area contributed by atoms with Gasteiger partial charge in [-0.1, -0.05) is 5.16 Å². The van der Waals surface area contributed by atoms with Crippen LogP contribution >= 0.6 is 0 Å². The average molecular weight is 488 g/mol. The fourth-order valence-electron chi connectivity index (χ4n) is 4.76. The molecule has 0 amide bonds. The molecule has 0 spiro atoms. The van der Waals surface area contributed by atoms with E-state index in [-0.39, 0.29) is 0 Å². The van der Waals surface area contributed by atoms with Crippen molar-refractivity contribution in [1.29, 1.82) is 0 Å². The molecule has 1 saturated carbocycles. The van der Waals surface area contributed by atoms with Gasteiger partial charge in [0.2, 0.25) is 0 Å². The largest absolute Gasteiger partial charge is 0.496 e. The lowest BCUT2D eigenvalue weighted by atomic mass is 10.0. The van der Waals surface area contributed by atoms with Gasteiger partial charge in [0, 0.05) is 42.1 Å². The number of aromatic amines is 1. The second kappa shape index (κ2) is 8.63. The summed E-state index contributed by atoms with van der Waals surface area (Å²) in [4.78, 5) is 13.1. The van der Waals surface area contributed by atoms with Crippen LogP contribution in [0.15, 0.2) is 22.7 Å². The molecule has 1 aliphatic carbocycles. The van der Waals surface area contributed by atoms with Crippen LogP contribution < -0.4 is 10.1 Å². The maximum Gasteiger partial charge on any atom is 0.158 e. The summed E-state index contributed by atoms with van der Waals surface area (Å²) in [6.45, 7) is 6.70. The van der Waals surface area contributed by atoms with E-state index in [2.05, 4.69) is 27.6 Å². The van der Waals surface area contributed by atoms with Crippen molar-refractivity contribution in [1.82, 2.24) is 29.9 Å². The Morgan fingerprint density at radius 2 is 2.03 bits per heavy atom. The summed E-state index contributed by atoms with van der Waals surface area (Å²) >= 11 is 0. The van der Waals surface area contributed by atoms with Crippen molar-refractivity contribution in [2.24, 2.45) is 7.05 Å². The van der Waals surface area contributed by atoms with E-state index in [0.29, 0.717) is 30.8 Å². The van der Waals surface area contributed by atoms with Crippen molar-refractivity contribution in [3.8, 4) is 16.9 Å². The molecule has 0 bridgehead atoms. The third-order valence-electron chi connectivity index (χ3n) is 6.70. The lowest BCUT2D eigenvalue weighted by Crippen LogP contribution is -2.05.